The summed E-state index contributed by atoms with van der Waals surface area (Å²) >= 11 is 0. The van der Waals surface area contributed by atoms with E-state index in [1.807, 2.05) is 24.3 Å². The van der Waals surface area contributed by atoms with Crippen molar-refractivity contribution in [3.63, 3.8) is 0 Å². The normalized spacial score (nSPS) is 19.4. The zero-order chi connectivity index (χ0) is 13.7. The maximum absolute atomic E-state index is 11.4. The van der Waals surface area contributed by atoms with Crippen LogP contribution >= 0.6 is 0 Å². The maximum Gasteiger partial charge on any atom is 0.310 e. The molecule has 1 unspecified atom stereocenters. The van der Waals surface area contributed by atoms with Gasteiger partial charge >= 0.3 is 5.97 Å². The molecule has 1 aliphatic rings. The van der Waals surface area contributed by atoms with E-state index in [1.165, 1.54) is 12.7 Å². The molecule has 1 aliphatic heterocycles. The zero-order valence-corrected chi connectivity index (χ0v) is 11.6. The number of methoxy groups -OCH3 is 1. The minimum atomic E-state index is -0.0954. The van der Waals surface area contributed by atoms with Crippen LogP contribution in [0, 0.1) is 12.8 Å². The number of ether oxygens (including phenoxy) is 2. The fourth-order valence-corrected chi connectivity index (χ4v) is 2.32. The molecule has 0 radical (unpaired) electrons. The molecule has 1 aromatic carbocycles. The van der Waals surface area contributed by atoms with Crippen LogP contribution in [-0.4, -0.2) is 44.2 Å². The SMILES string of the molecule is COC(=O)C1CCN(CCOc2ccc(C)cc2)C1. The van der Waals surface area contributed by atoms with Crippen molar-refractivity contribution < 1.29 is 14.3 Å². The van der Waals surface area contributed by atoms with Crippen LogP contribution in [0.25, 0.3) is 0 Å². The van der Waals surface area contributed by atoms with Crippen molar-refractivity contribution in [1.82, 2.24) is 4.90 Å². The third-order valence-corrected chi connectivity index (χ3v) is 3.50. The molecular formula is C15H21NO3. The lowest BCUT2D eigenvalue weighted by Crippen LogP contribution is -2.28. The Balaban J connectivity index is 1.69. The van der Waals surface area contributed by atoms with E-state index in [0.29, 0.717) is 6.61 Å². The molecule has 0 aliphatic carbocycles. The smallest absolute Gasteiger partial charge is 0.310 e. The van der Waals surface area contributed by atoms with Gasteiger partial charge in [-0.2, -0.15) is 0 Å². The predicted molar refractivity (Wildman–Crippen MR) is 73.2 cm³/mol. The molecule has 4 nitrogen and oxygen atoms in total. The number of nitrogens with zero attached hydrogens (tertiary/aromatic N) is 1. The Labute approximate surface area is 114 Å². The van der Waals surface area contributed by atoms with E-state index in [-0.39, 0.29) is 11.9 Å². The lowest BCUT2D eigenvalue weighted by Gasteiger charge is -2.15. The third-order valence-electron chi connectivity index (χ3n) is 3.50. The number of benzene rings is 1. The van der Waals surface area contributed by atoms with Crippen molar-refractivity contribution in [1.29, 1.82) is 0 Å². The van der Waals surface area contributed by atoms with Crippen LogP contribution in [-0.2, 0) is 9.53 Å². The van der Waals surface area contributed by atoms with Crippen molar-refractivity contribution in [2.24, 2.45) is 5.92 Å². The van der Waals surface area contributed by atoms with Crippen molar-refractivity contribution in [3.8, 4) is 5.75 Å². The number of rotatable bonds is 5. The molecule has 0 N–H and O–H groups in total. The molecule has 4 heteroatoms. The quantitative estimate of drug-likeness (QED) is 0.760. The van der Waals surface area contributed by atoms with Gasteiger partial charge in [0.2, 0.25) is 0 Å². The van der Waals surface area contributed by atoms with E-state index < -0.39 is 0 Å². The van der Waals surface area contributed by atoms with E-state index in [1.54, 1.807) is 0 Å². The van der Waals surface area contributed by atoms with Crippen LogP contribution in [0.5, 0.6) is 5.75 Å². The van der Waals surface area contributed by atoms with Crippen molar-refractivity contribution in [3.05, 3.63) is 29.8 Å². The second kappa shape index (κ2) is 6.57. The van der Waals surface area contributed by atoms with Crippen molar-refractivity contribution >= 4 is 5.97 Å². The predicted octanol–water partition coefficient (Wildman–Crippen LogP) is 1.87. The van der Waals surface area contributed by atoms with Crippen LogP contribution < -0.4 is 4.74 Å². The van der Waals surface area contributed by atoms with Gasteiger partial charge in [0, 0.05) is 13.1 Å². The molecular weight excluding hydrogens is 242 g/mol. The fourth-order valence-electron chi connectivity index (χ4n) is 2.32. The van der Waals surface area contributed by atoms with Gasteiger partial charge in [0.15, 0.2) is 0 Å². The summed E-state index contributed by atoms with van der Waals surface area (Å²) in [5.74, 6) is 0.834. The van der Waals surface area contributed by atoms with Gasteiger partial charge in [-0.25, -0.2) is 0 Å². The third kappa shape index (κ3) is 3.96. The number of carbonyl (C=O) groups excluding carboxylic acids is 1. The summed E-state index contributed by atoms with van der Waals surface area (Å²) in [6.07, 6.45) is 0.886. The molecule has 2 rings (SSSR count). The Kier molecular flexibility index (Phi) is 4.80. The molecule has 0 bridgehead atoms. The minimum absolute atomic E-state index is 0.0318. The van der Waals surface area contributed by atoms with Gasteiger partial charge in [-0.3, -0.25) is 9.69 Å². The van der Waals surface area contributed by atoms with Gasteiger partial charge in [0.05, 0.1) is 13.0 Å². The van der Waals surface area contributed by atoms with E-state index >= 15 is 0 Å². The van der Waals surface area contributed by atoms with Gasteiger partial charge in [-0.05, 0) is 32.0 Å². The molecule has 1 fully saturated rings. The number of hydrogen-bond donors (Lipinski definition) is 0. The average molecular weight is 263 g/mol. The largest absolute Gasteiger partial charge is 0.492 e. The highest BCUT2D eigenvalue weighted by molar-refractivity contribution is 5.72. The highest BCUT2D eigenvalue weighted by Crippen LogP contribution is 2.17. The fraction of sp³-hybridized carbons (Fsp3) is 0.533. The number of carbonyl (C=O) groups is 1. The molecule has 1 atom stereocenters. The summed E-state index contributed by atoms with van der Waals surface area (Å²) in [6.45, 7) is 5.28. The lowest BCUT2D eigenvalue weighted by atomic mass is 10.1. The molecule has 0 aromatic heterocycles. The number of esters is 1. The Morgan fingerprint density at radius 3 is 2.79 bits per heavy atom. The summed E-state index contributed by atoms with van der Waals surface area (Å²) < 4.78 is 10.5. The van der Waals surface area contributed by atoms with Gasteiger partial charge in [0.1, 0.15) is 12.4 Å². The van der Waals surface area contributed by atoms with Crippen LogP contribution in [0.15, 0.2) is 24.3 Å². The first-order chi connectivity index (χ1) is 9.19. The van der Waals surface area contributed by atoms with Gasteiger partial charge in [0.25, 0.3) is 0 Å². The minimum Gasteiger partial charge on any atom is -0.492 e. The molecule has 104 valence electrons. The zero-order valence-electron chi connectivity index (χ0n) is 11.6. The van der Waals surface area contributed by atoms with Crippen molar-refractivity contribution in [2.75, 3.05) is 33.4 Å². The summed E-state index contributed by atoms with van der Waals surface area (Å²) in [6, 6.07) is 8.05. The van der Waals surface area contributed by atoms with Gasteiger partial charge in [-0.1, -0.05) is 17.7 Å². The summed E-state index contributed by atoms with van der Waals surface area (Å²) in [7, 11) is 1.45. The van der Waals surface area contributed by atoms with Crippen LogP contribution in [0.1, 0.15) is 12.0 Å². The first-order valence-corrected chi connectivity index (χ1v) is 6.68. The molecule has 19 heavy (non-hydrogen) atoms. The summed E-state index contributed by atoms with van der Waals surface area (Å²) in [5.41, 5.74) is 1.23. The van der Waals surface area contributed by atoms with Crippen LogP contribution in [0.4, 0.5) is 0 Å². The Morgan fingerprint density at radius 1 is 1.37 bits per heavy atom. The summed E-state index contributed by atoms with van der Waals surface area (Å²) in [4.78, 5) is 13.7. The Bertz CT molecular complexity index is 416. The highest BCUT2D eigenvalue weighted by Gasteiger charge is 2.28. The first kappa shape index (κ1) is 13.9. The van der Waals surface area contributed by atoms with Crippen LogP contribution in [0.2, 0.25) is 0 Å². The average Bonchev–Trinajstić information content (AvgIpc) is 2.89. The number of likely N-dealkylation sites (tertiary alicyclic amines) is 1. The number of aryl methyl sites for hydroxylation is 1. The topological polar surface area (TPSA) is 38.8 Å². The second-order valence-electron chi connectivity index (χ2n) is 4.97. The second-order valence-corrected chi connectivity index (χ2v) is 4.97. The van der Waals surface area contributed by atoms with E-state index in [2.05, 4.69) is 11.8 Å². The molecule has 0 saturated carbocycles. The molecule has 0 spiro atoms. The monoisotopic (exact) mass is 263 g/mol. The highest BCUT2D eigenvalue weighted by atomic mass is 16.5. The Morgan fingerprint density at radius 2 is 2.11 bits per heavy atom. The van der Waals surface area contributed by atoms with E-state index in [0.717, 1.165) is 31.8 Å². The maximum atomic E-state index is 11.4. The molecule has 1 saturated heterocycles. The Hall–Kier alpha value is -1.55. The van der Waals surface area contributed by atoms with Gasteiger partial charge in [-0.15, -0.1) is 0 Å². The standard InChI is InChI=1S/C15H21NO3/c1-12-3-5-14(6-4-12)19-10-9-16-8-7-13(11-16)15(17)18-2/h3-6,13H,7-11H2,1-2H3. The molecule has 1 heterocycles. The lowest BCUT2D eigenvalue weighted by molar-refractivity contribution is -0.144. The van der Waals surface area contributed by atoms with Gasteiger partial charge < -0.3 is 9.47 Å². The molecule has 1 aromatic rings. The van der Waals surface area contributed by atoms with E-state index in [9.17, 15) is 4.79 Å². The van der Waals surface area contributed by atoms with Crippen LogP contribution in [0.3, 0.4) is 0 Å². The first-order valence-electron chi connectivity index (χ1n) is 6.68. The van der Waals surface area contributed by atoms with E-state index in [4.69, 9.17) is 9.47 Å². The summed E-state index contributed by atoms with van der Waals surface area (Å²) in [5, 5.41) is 0. The van der Waals surface area contributed by atoms with Crippen molar-refractivity contribution in [2.45, 2.75) is 13.3 Å². The molecule has 0 amide bonds. The number of hydrogen-bond acceptors (Lipinski definition) is 4.